The highest BCUT2D eigenvalue weighted by Crippen LogP contribution is 2.19. The molecule has 4 amide bonds. The lowest BCUT2D eigenvalue weighted by Crippen LogP contribution is -2.60. The van der Waals surface area contributed by atoms with Crippen LogP contribution in [0.3, 0.4) is 0 Å². The van der Waals surface area contributed by atoms with Crippen LogP contribution >= 0.6 is 0 Å². The van der Waals surface area contributed by atoms with E-state index in [2.05, 4.69) is 21.3 Å². The molecule has 12 nitrogen and oxygen atoms in total. The van der Waals surface area contributed by atoms with Gasteiger partial charge in [-0.1, -0.05) is 149 Å². The van der Waals surface area contributed by atoms with Crippen LogP contribution in [0.5, 0.6) is 0 Å². The molecule has 0 radical (unpaired) electrons. The molecule has 6 atom stereocenters. The van der Waals surface area contributed by atoms with Gasteiger partial charge in [0.2, 0.25) is 11.8 Å². The van der Waals surface area contributed by atoms with E-state index >= 15 is 0 Å². The number of rotatable bonds is 21. The van der Waals surface area contributed by atoms with Crippen LogP contribution in [0, 0.1) is 11.8 Å². The number of aliphatic hydroxyl groups is 2. The summed E-state index contributed by atoms with van der Waals surface area (Å²) in [6.07, 6.45) is -3.83. The van der Waals surface area contributed by atoms with E-state index in [4.69, 9.17) is 9.47 Å². The van der Waals surface area contributed by atoms with Gasteiger partial charge in [0.1, 0.15) is 37.5 Å². The first-order valence-corrected chi connectivity index (χ1v) is 19.9. The van der Waals surface area contributed by atoms with Gasteiger partial charge in [-0.2, -0.15) is 0 Å². The van der Waals surface area contributed by atoms with Crippen molar-refractivity contribution in [3.63, 3.8) is 0 Å². The predicted octanol–water partition coefficient (Wildman–Crippen LogP) is 5.85. The van der Waals surface area contributed by atoms with Crippen LogP contribution in [0.4, 0.5) is 9.59 Å². The lowest BCUT2D eigenvalue weighted by Gasteiger charge is -2.35. The first-order valence-electron chi connectivity index (χ1n) is 19.9. The molecule has 0 saturated heterocycles. The molecule has 4 aromatic carbocycles. The first kappa shape index (κ1) is 45.0. The highest BCUT2D eigenvalue weighted by atomic mass is 16.6. The molecule has 6 N–H and O–H groups in total. The summed E-state index contributed by atoms with van der Waals surface area (Å²) in [6, 6.07) is 32.6. The van der Waals surface area contributed by atoms with E-state index in [0.717, 1.165) is 22.3 Å². The number of benzene rings is 4. The molecule has 58 heavy (non-hydrogen) atoms. The van der Waals surface area contributed by atoms with Gasteiger partial charge >= 0.3 is 12.2 Å². The molecule has 4 aromatic rings. The van der Waals surface area contributed by atoms with E-state index in [1.165, 1.54) is 0 Å². The van der Waals surface area contributed by atoms with Crippen molar-refractivity contribution >= 4 is 24.0 Å². The molecule has 0 fully saturated rings. The number of hydrogen-bond acceptors (Lipinski definition) is 8. The van der Waals surface area contributed by atoms with Crippen molar-refractivity contribution in [2.75, 3.05) is 0 Å². The molecule has 2 unspecified atom stereocenters. The highest BCUT2D eigenvalue weighted by Gasteiger charge is 2.37. The number of alkyl carbamates (subject to hydrolysis) is 2. The van der Waals surface area contributed by atoms with E-state index in [1.807, 2.05) is 149 Å². The lowest BCUT2D eigenvalue weighted by atomic mass is 9.89. The van der Waals surface area contributed by atoms with E-state index < -0.39 is 60.4 Å². The van der Waals surface area contributed by atoms with E-state index in [0.29, 0.717) is 0 Å². The van der Waals surface area contributed by atoms with E-state index in [1.54, 1.807) is 0 Å². The Morgan fingerprint density at radius 2 is 0.759 bits per heavy atom. The van der Waals surface area contributed by atoms with Crippen LogP contribution in [-0.4, -0.2) is 70.6 Å². The Bertz CT molecular complexity index is 1690. The minimum atomic E-state index is -1.53. The van der Waals surface area contributed by atoms with Crippen LogP contribution in [-0.2, 0) is 45.1 Å². The third kappa shape index (κ3) is 15.7. The van der Waals surface area contributed by atoms with Gasteiger partial charge in [-0.05, 0) is 46.9 Å². The minimum absolute atomic E-state index is 0.00673. The van der Waals surface area contributed by atoms with Crippen molar-refractivity contribution < 1.29 is 38.9 Å². The zero-order chi connectivity index (χ0) is 41.9. The van der Waals surface area contributed by atoms with Crippen molar-refractivity contribution in [3.05, 3.63) is 144 Å². The zero-order valence-electron chi connectivity index (χ0n) is 33.8. The second-order valence-electron chi connectivity index (χ2n) is 15.4. The number of aliphatic hydroxyl groups excluding tert-OH is 2. The summed E-state index contributed by atoms with van der Waals surface area (Å²) in [7, 11) is 0. The molecule has 0 bridgehead atoms. The molecule has 0 heterocycles. The monoisotopic (exact) mass is 794 g/mol. The van der Waals surface area contributed by atoms with Crippen molar-refractivity contribution in [2.45, 2.75) is 103 Å². The quantitative estimate of drug-likeness (QED) is 0.0610. The maximum absolute atomic E-state index is 14.0. The fraction of sp³-hybridized carbons (Fsp3) is 0.391. The van der Waals surface area contributed by atoms with Gasteiger partial charge in [0, 0.05) is 12.8 Å². The van der Waals surface area contributed by atoms with Crippen molar-refractivity contribution in [3.8, 4) is 0 Å². The smallest absolute Gasteiger partial charge is 0.408 e. The lowest BCUT2D eigenvalue weighted by molar-refractivity contribution is -0.128. The summed E-state index contributed by atoms with van der Waals surface area (Å²) in [4.78, 5) is 54.0. The van der Waals surface area contributed by atoms with Gasteiger partial charge in [-0.25, -0.2) is 9.59 Å². The summed E-state index contributed by atoms with van der Waals surface area (Å²) in [5, 5.41) is 34.8. The average molecular weight is 795 g/mol. The van der Waals surface area contributed by atoms with Crippen molar-refractivity contribution in [2.24, 2.45) is 11.8 Å². The maximum atomic E-state index is 14.0. The molecule has 0 aliphatic carbocycles. The average Bonchev–Trinajstić information content (AvgIpc) is 3.21. The van der Waals surface area contributed by atoms with Crippen molar-refractivity contribution in [1.29, 1.82) is 0 Å². The summed E-state index contributed by atoms with van der Waals surface area (Å²) in [5.74, 6) is -1.21. The summed E-state index contributed by atoms with van der Waals surface area (Å²) >= 11 is 0. The number of carbonyl (C=O) groups is 4. The van der Waals surface area contributed by atoms with Gasteiger partial charge in [-0.3, -0.25) is 9.59 Å². The van der Waals surface area contributed by atoms with Crippen LogP contribution in [0.25, 0.3) is 0 Å². The summed E-state index contributed by atoms with van der Waals surface area (Å²) in [5.41, 5.74) is 3.14. The molecule has 0 saturated carbocycles. The summed E-state index contributed by atoms with van der Waals surface area (Å²) < 4.78 is 10.9. The number of hydrogen-bond donors (Lipinski definition) is 6. The van der Waals surface area contributed by atoms with Gasteiger partial charge < -0.3 is 41.0 Å². The van der Waals surface area contributed by atoms with Gasteiger partial charge in [0.15, 0.2) is 0 Å². The Labute approximate surface area is 341 Å². The van der Waals surface area contributed by atoms with Crippen LogP contribution in [0.2, 0.25) is 0 Å². The van der Waals surface area contributed by atoms with Crippen LogP contribution < -0.4 is 21.3 Å². The standard InChI is InChI=1S/C46H58N4O8/c1-31(2)25-37(47-43(53)39(27-33-17-9-5-10-18-33)49-45(55)57-29-35-21-13-7-14-22-35)41(51)42(52)38(26-32(3)4)48-44(54)40(28-34-19-11-6-12-20-34)50-46(56)58-30-36-23-15-8-16-24-36/h5-24,31-32,37-42,51-52H,25-30H2,1-4H3,(H,47,53)(H,48,54)(H,49,55)(H,50,56)/t37?,38?,39-,40-,41+,42+/m0/s1. The molecule has 4 rings (SSSR count). The molecule has 0 aromatic heterocycles. The second-order valence-corrected chi connectivity index (χ2v) is 15.4. The van der Waals surface area contributed by atoms with Crippen LogP contribution in [0.1, 0.15) is 62.8 Å². The van der Waals surface area contributed by atoms with E-state index in [-0.39, 0.29) is 50.7 Å². The number of amides is 4. The van der Waals surface area contributed by atoms with Crippen LogP contribution in [0.15, 0.2) is 121 Å². The molecular formula is C46H58N4O8. The van der Waals surface area contributed by atoms with Gasteiger partial charge in [0.25, 0.3) is 0 Å². The Hall–Kier alpha value is -5.72. The Balaban J connectivity index is 1.50. The SMILES string of the molecule is CC(C)CC(NC(=O)[C@H](Cc1ccccc1)NC(=O)OCc1ccccc1)[C@@H](O)[C@H](O)C(CC(C)C)NC(=O)[C@H](Cc1ccccc1)NC(=O)OCc1ccccc1. The molecule has 0 spiro atoms. The highest BCUT2D eigenvalue weighted by molar-refractivity contribution is 5.87. The summed E-state index contributed by atoms with van der Waals surface area (Å²) in [6.45, 7) is 7.69. The molecule has 0 aliphatic rings. The Morgan fingerprint density at radius 3 is 1.05 bits per heavy atom. The fourth-order valence-electron chi connectivity index (χ4n) is 6.56. The third-order valence-corrected chi connectivity index (χ3v) is 9.49. The third-order valence-electron chi connectivity index (χ3n) is 9.49. The second kappa shape index (κ2) is 23.5. The largest absolute Gasteiger partial charge is 0.445 e. The molecule has 12 heteroatoms. The molecule has 310 valence electrons. The first-order chi connectivity index (χ1) is 27.9. The molecular weight excluding hydrogens is 737 g/mol. The topological polar surface area (TPSA) is 175 Å². The number of carbonyl (C=O) groups excluding carboxylic acids is 4. The number of ether oxygens (including phenoxy) is 2. The normalized spacial score (nSPS) is 14.3. The van der Waals surface area contributed by atoms with Crippen molar-refractivity contribution in [1.82, 2.24) is 21.3 Å². The zero-order valence-corrected chi connectivity index (χ0v) is 33.8. The molecule has 0 aliphatic heterocycles. The maximum Gasteiger partial charge on any atom is 0.408 e. The van der Waals surface area contributed by atoms with E-state index in [9.17, 15) is 29.4 Å². The van der Waals surface area contributed by atoms with Gasteiger partial charge in [0.05, 0.1) is 12.1 Å². The Kier molecular flexibility index (Phi) is 18.2. The number of nitrogens with one attached hydrogen (secondary N) is 4. The Morgan fingerprint density at radius 1 is 0.466 bits per heavy atom. The minimum Gasteiger partial charge on any atom is -0.445 e. The predicted molar refractivity (Wildman–Crippen MR) is 222 cm³/mol. The fourth-order valence-corrected chi connectivity index (χ4v) is 6.56. The van der Waals surface area contributed by atoms with Gasteiger partial charge in [-0.15, -0.1) is 0 Å².